The molecule has 0 unspecified atom stereocenters. The molecule has 0 aliphatic rings. The van der Waals surface area contributed by atoms with Gasteiger partial charge in [0.1, 0.15) is 10.8 Å². The highest BCUT2D eigenvalue weighted by molar-refractivity contribution is 7.99. The van der Waals surface area contributed by atoms with Crippen molar-refractivity contribution in [3.63, 3.8) is 0 Å². The highest BCUT2D eigenvalue weighted by Gasteiger charge is 2.03. The van der Waals surface area contributed by atoms with Gasteiger partial charge >= 0.3 is 0 Å². The van der Waals surface area contributed by atoms with Gasteiger partial charge in [0.15, 0.2) is 0 Å². The Morgan fingerprint density at radius 3 is 2.88 bits per heavy atom. The van der Waals surface area contributed by atoms with Gasteiger partial charge in [-0.25, -0.2) is 9.37 Å². The third-order valence-corrected chi connectivity index (χ3v) is 2.97. The minimum Gasteiger partial charge on any atom is -0.316 e. The van der Waals surface area contributed by atoms with Crippen molar-refractivity contribution in [3.8, 4) is 0 Å². The number of aromatic nitrogens is 2. The van der Waals surface area contributed by atoms with E-state index >= 15 is 0 Å². The molecule has 2 aromatic rings. The lowest BCUT2D eigenvalue weighted by molar-refractivity contribution is 0.619. The van der Waals surface area contributed by atoms with E-state index in [0.29, 0.717) is 6.54 Å². The number of rotatable bonds is 4. The fraction of sp³-hybridized carbons (Fsp3) is 0.167. The van der Waals surface area contributed by atoms with Crippen molar-refractivity contribution in [1.82, 2.24) is 15.3 Å². The first-order valence-corrected chi connectivity index (χ1v) is 5.97. The molecule has 0 spiro atoms. The first-order chi connectivity index (χ1) is 8.28. The minimum atomic E-state index is -0.232. The van der Waals surface area contributed by atoms with Gasteiger partial charge in [-0.2, -0.15) is 0 Å². The van der Waals surface area contributed by atoms with Crippen molar-refractivity contribution in [3.05, 3.63) is 48.2 Å². The molecule has 3 nitrogen and oxygen atoms in total. The zero-order valence-corrected chi connectivity index (χ0v) is 10.2. The van der Waals surface area contributed by atoms with Crippen LogP contribution in [0.25, 0.3) is 0 Å². The van der Waals surface area contributed by atoms with E-state index < -0.39 is 0 Å². The maximum absolute atomic E-state index is 13.4. The van der Waals surface area contributed by atoms with Crippen LogP contribution in [0.2, 0.25) is 0 Å². The van der Waals surface area contributed by atoms with Crippen LogP contribution in [0, 0.1) is 5.82 Å². The number of nitrogens with zero attached hydrogens (tertiary/aromatic N) is 2. The quantitative estimate of drug-likeness (QED) is 0.903. The van der Waals surface area contributed by atoms with E-state index in [1.54, 1.807) is 18.6 Å². The standard InChI is InChI=1S/C12H12FN3S/c1-14-7-9-4-10(13)6-11(5-9)17-12-8-15-2-3-16-12/h2-6,8,14H,7H2,1H3. The Morgan fingerprint density at radius 2 is 2.18 bits per heavy atom. The number of hydrogen-bond donors (Lipinski definition) is 1. The molecule has 0 radical (unpaired) electrons. The number of hydrogen-bond acceptors (Lipinski definition) is 4. The second kappa shape index (κ2) is 5.75. The Bertz CT molecular complexity index is 490. The molecule has 0 saturated heterocycles. The van der Waals surface area contributed by atoms with E-state index in [1.165, 1.54) is 23.9 Å². The van der Waals surface area contributed by atoms with E-state index in [-0.39, 0.29) is 5.82 Å². The van der Waals surface area contributed by atoms with Gasteiger partial charge < -0.3 is 5.32 Å². The smallest absolute Gasteiger partial charge is 0.124 e. The average Bonchev–Trinajstić information content (AvgIpc) is 2.30. The summed E-state index contributed by atoms with van der Waals surface area (Å²) in [5.41, 5.74) is 0.916. The molecule has 0 aliphatic heterocycles. The van der Waals surface area contributed by atoms with Gasteiger partial charge in [0.05, 0.1) is 6.20 Å². The summed E-state index contributed by atoms with van der Waals surface area (Å²) in [6, 6.07) is 4.97. The first kappa shape index (κ1) is 12.0. The minimum absolute atomic E-state index is 0.232. The van der Waals surface area contributed by atoms with Crippen LogP contribution in [0.3, 0.4) is 0 Å². The van der Waals surface area contributed by atoms with Crippen LogP contribution in [-0.4, -0.2) is 17.0 Å². The summed E-state index contributed by atoms with van der Waals surface area (Å²) in [4.78, 5) is 8.94. The van der Waals surface area contributed by atoms with Gasteiger partial charge in [-0.05, 0) is 30.8 Å². The van der Waals surface area contributed by atoms with Crippen molar-refractivity contribution in [2.24, 2.45) is 0 Å². The molecule has 88 valence electrons. The Labute approximate surface area is 103 Å². The van der Waals surface area contributed by atoms with Gasteiger partial charge in [-0.3, -0.25) is 4.98 Å². The second-order valence-electron chi connectivity index (χ2n) is 3.47. The van der Waals surface area contributed by atoms with Crippen LogP contribution in [-0.2, 0) is 6.54 Å². The third kappa shape index (κ3) is 3.51. The molecule has 1 aromatic heterocycles. The van der Waals surface area contributed by atoms with E-state index in [0.717, 1.165) is 15.5 Å². The molecule has 1 N–H and O–H groups in total. The van der Waals surface area contributed by atoms with Crippen molar-refractivity contribution in [1.29, 1.82) is 0 Å². The predicted octanol–water partition coefficient (Wildman–Crippen LogP) is 2.49. The predicted molar refractivity (Wildman–Crippen MR) is 65.3 cm³/mol. The van der Waals surface area contributed by atoms with Crippen LogP contribution in [0.5, 0.6) is 0 Å². The van der Waals surface area contributed by atoms with Gasteiger partial charge in [0, 0.05) is 23.8 Å². The molecule has 1 heterocycles. The van der Waals surface area contributed by atoms with Gasteiger partial charge in [0.25, 0.3) is 0 Å². The summed E-state index contributed by atoms with van der Waals surface area (Å²) in [6.07, 6.45) is 4.89. The monoisotopic (exact) mass is 249 g/mol. The maximum Gasteiger partial charge on any atom is 0.124 e. The summed E-state index contributed by atoms with van der Waals surface area (Å²) in [6.45, 7) is 0.645. The summed E-state index contributed by atoms with van der Waals surface area (Å²) >= 11 is 1.40. The molecule has 0 amide bonds. The molecule has 0 fully saturated rings. The molecule has 5 heteroatoms. The first-order valence-electron chi connectivity index (χ1n) is 5.16. The van der Waals surface area contributed by atoms with Crippen molar-refractivity contribution >= 4 is 11.8 Å². The van der Waals surface area contributed by atoms with Crippen molar-refractivity contribution in [2.45, 2.75) is 16.5 Å². The highest BCUT2D eigenvalue weighted by atomic mass is 32.2. The van der Waals surface area contributed by atoms with Crippen molar-refractivity contribution in [2.75, 3.05) is 7.05 Å². The van der Waals surface area contributed by atoms with Crippen LogP contribution in [0.4, 0.5) is 4.39 Å². The summed E-state index contributed by atoms with van der Waals surface area (Å²) < 4.78 is 13.4. The van der Waals surface area contributed by atoms with E-state index in [2.05, 4.69) is 15.3 Å². The largest absolute Gasteiger partial charge is 0.316 e. The molecule has 1 aromatic carbocycles. The van der Waals surface area contributed by atoms with E-state index in [4.69, 9.17) is 0 Å². The van der Waals surface area contributed by atoms with Gasteiger partial charge in [0.2, 0.25) is 0 Å². The summed E-state index contributed by atoms with van der Waals surface area (Å²) in [5.74, 6) is -0.232. The van der Waals surface area contributed by atoms with Gasteiger partial charge in [-0.15, -0.1) is 0 Å². The third-order valence-electron chi connectivity index (χ3n) is 2.07. The Hall–Kier alpha value is -1.46. The molecule has 0 atom stereocenters. The molecule has 0 aliphatic carbocycles. The molecular weight excluding hydrogens is 237 g/mol. The lowest BCUT2D eigenvalue weighted by Crippen LogP contribution is -2.05. The average molecular weight is 249 g/mol. The fourth-order valence-corrected chi connectivity index (χ4v) is 2.30. The summed E-state index contributed by atoms with van der Waals surface area (Å²) in [5, 5.41) is 3.76. The molecule has 2 rings (SSSR count). The SMILES string of the molecule is CNCc1cc(F)cc(Sc2cnccn2)c1. The normalized spacial score (nSPS) is 10.5. The maximum atomic E-state index is 13.4. The Balaban J connectivity index is 2.21. The van der Waals surface area contributed by atoms with Crippen molar-refractivity contribution < 1.29 is 4.39 Å². The Kier molecular flexibility index (Phi) is 4.06. The summed E-state index contributed by atoms with van der Waals surface area (Å²) in [7, 11) is 1.83. The highest BCUT2D eigenvalue weighted by Crippen LogP contribution is 2.26. The number of nitrogens with one attached hydrogen (secondary N) is 1. The number of halogens is 1. The van der Waals surface area contributed by atoms with Crippen LogP contribution < -0.4 is 5.32 Å². The molecule has 0 bridgehead atoms. The van der Waals surface area contributed by atoms with E-state index in [1.807, 2.05) is 13.1 Å². The zero-order chi connectivity index (χ0) is 12.1. The van der Waals surface area contributed by atoms with Crippen LogP contribution >= 0.6 is 11.8 Å². The van der Waals surface area contributed by atoms with Crippen LogP contribution in [0.1, 0.15) is 5.56 Å². The topological polar surface area (TPSA) is 37.8 Å². The number of benzene rings is 1. The van der Waals surface area contributed by atoms with E-state index in [9.17, 15) is 4.39 Å². The Morgan fingerprint density at radius 1 is 1.29 bits per heavy atom. The second-order valence-corrected chi connectivity index (χ2v) is 4.57. The lowest BCUT2D eigenvalue weighted by Gasteiger charge is -2.05. The molecule has 17 heavy (non-hydrogen) atoms. The van der Waals surface area contributed by atoms with Crippen LogP contribution in [0.15, 0.2) is 46.7 Å². The molecular formula is C12H12FN3S. The zero-order valence-electron chi connectivity index (χ0n) is 9.35. The fourth-order valence-electron chi connectivity index (χ4n) is 1.44. The lowest BCUT2D eigenvalue weighted by atomic mass is 10.2. The van der Waals surface area contributed by atoms with Gasteiger partial charge in [-0.1, -0.05) is 11.8 Å². The molecule has 0 saturated carbocycles.